The number of benzene rings is 2. The van der Waals surface area contributed by atoms with Gasteiger partial charge in [0.25, 0.3) is 0 Å². The summed E-state index contributed by atoms with van der Waals surface area (Å²) < 4.78 is 5.64. The highest BCUT2D eigenvalue weighted by Gasteiger charge is 2.08. The maximum atomic E-state index is 12.2. The molecule has 0 heterocycles. The topological polar surface area (TPSA) is 64.3 Å². The Morgan fingerprint density at radius 3 is 2.73 bits per heavy atom. The summed E-state index contributed by atoms with van der Waals surface area (Å²) in [6, 6.07) is 13.1. The van der Waals surface area contributed by atoms with Crippen molar-refractivity contribution in [2.45, 2.75) is 33.3 Å². The van der Waals surface area contributed by atoms with Gasteiger partial charge in [-0.05, 0) is 56.2 Å². The van der Waals surface area contributed by atoms with Crippen LogP contribution in [0, 0.1) is 6.92 Å². The van der Waals surface area contributed by atoms with Gasteiger partial charge in [0.15, 0.2) is 0 Å². The Kier molecular flexibility index (Phi) is 5.04. The Balaban J connectivity index is 2.04. The first-order valence-corrected chi connectivity index (χ1v) is 7.35. The van der Waals surface area contributed by atoms with Crippen LogP contribution in [-0.2, 0) is 11.2 Å². The van der Waals surface area contributed by atoms with Gasteiger partial charge in [0.1, 0.15) is 5.75 Å². The van der Waals surface area contributed by atoms with Crippen LogP contribution >= 0.6 is 0 Å². The van der Waals surface area contributed by atoms with Crippen LogP contribution in [0.1, 0.15) is 25.0 Å². The van der Waals surface area contributed by atoms with Gasteiger partial charge in [0, 0.05) is 11.4 Å². The number of rotatable bonds is 5. The van der Waals surface area contributed by atoms with E-state index < -0.39 is 0 Å². The van der Waals surface area contributed by atoms with Crippen molar-refractivity contribution < 1.29 is 9.53 Å². The number of carbonyl (C=O) groups excluding carboxylic acids is 1. The predicted molar refractivity (Wildman–Crippen MR) is 90.1 cm³/mol. The van der Waals surface area contributed by atoms with E-state index in [1.165, 1.54) is 0 Å². The highest BCUT2D eigenvalue weighted by molar-refractivity contribution is 5.93. The van der Waals surface area contributed by atoms with Crippen molar-refractivity contribution in [1.29, 1.82) is 0 Å². The van der Waals surface area contributed by atoms with E-state index in [9.17, 15) is 4.79 Å². The van der Waals surface area contributed by atoms with Gasteiger partial charge >= 0.3 is 0 Å². The van der Waals surface area contributed by atoms with Gasteiger partial charge in [-0.3, -0.25) is 4.79 Å². The van der Waals surface area contributed by atoms with Gasteiger partial charge < -0.3 is 15.8 Å². The van der Waals surface area contributed by atoms with Crippen LogP contribution in [0.5, 0.6) is 5.75 Å². The Morgan fingerprint density at radius 2 is 2.00 bits per heavy atom. The quantitative estimate of drug-likeness (QED) is 0.830. The number of nitrogens with one attached hydrogen (secondary N) is 1. The number of aryl methyl sites for hydroxylation is 1. The second-order valence-corrected chi connectivity index (χ2v) is 5.61. The molecule has 2 rings (SSSR count). The van der Waals surface area contributed by atoms with E-state index in [-0.39, 0.29) is 12.0 Å². The maximum Gasteiger partial charge on any atom is 0.228 e. The van der Waals surface area contributed by atoms with Crippen molar-refractivity contribution in [3.05, 3.63) is 53.6 Å². The number of amides is 1. The fraction of sp³-hybridized carbons (Fsp3) is 0.278. The van der Waals surface area contributed by atoms with Gasteiger partial charge in [0.2, 0.25) is 5.91 Å². The molecule has 0 aliphatic carbocycles. The van der Waals surface area contributed by atoms with E-state index >= 15 is 0 Å². The molecule has 0 bridgehead atoms. The first kappa shape index (κ1) is 15.9. The Labute approximate surface area is 131 Å². The van der Waals surface area contributed by atoms with Crippen LogP contribution in [0.3, 0.4) is 0 Å². The third-order valence-corrected chi connectivity index (χ3v) is 3.17. The zero-order chi connectivity index (χ0) is 16.1. The number of hydrogen-bond acceptors (Lipinski definition) is 3. The number of nitrogens with two attached hydrogens (primary N) is 1. The second-order valence-electron chi connectivity index (χ2n) is 5.61. The molecule has 0 spiro atoms. The fourth-order valence-electron chi connectivity index (χ4n) is 2.16. The van der Waals surface area contributed by atoms with E-state index in [1.54, 1.807) is 6.07 Å². The van der Waals surface area contributed by atoms with Crippen molar-refractivity contribution in [2.24, 2.45) is 0 Å². The molecule has 3 N–H and O–H groups in total. The Bertz CT molecular complexity index is 666. The van der Waals surface area contributed by atoms with Crippen molar-refractivity contribution in [3.63, 3.8) is 0 Å². The maximum absolute atomic E-state index is 12.2. The number of hydrogen-bond donors (Lipinski definition) is 2. The highest BCUT2D eigenvalue weighted by atomic mass is 16.5. The van der Waals surface area contributed by atoms with Gasteiger partial charge in [-0.25, -0.2) is 0 Å². The lowest BCUT2D eigenvalue weighted by molar-refractivity contribution is -0.115. The van der Waals surface area contributed by atoms with E-state index in [0.717, 1.165) is 22.6 Å². The van der Waals surface area contributed by atoms with Crippen LogP contribution < -0.4 is 15.8 Å². The summed E-state index contributed by atoms with van der Waals surface area (Å²) in [5, 5.41) is 2.90. The van der Waals surface area contributed by atoms with E-state index in [1.807, 2.05) is 57.2 Å². The van der Waals surface area contributed by atoms with Crippen molar-refractivity contribution in [3.8, 4) is 5.75 Å². The van der Waals surface area contributed by atoms with Gasteiger partial charge in [-0.1, -0.05) is 18.2 Å². The molecule has 0 unspecified atom stereocenters. The molecule has 22 heavy (non-hydrogen) atoms. The van der Waals surface area contributed by atoms with Gasteiger partial charge in [-0.2, -0.15) is 0 Å². The molecular weight excluding hydrogens is 276 g/mol. The molecule has 0 saturated heterocycles. The lowest BCUT2D eigenvalue weighted by Gasteiger charge is -2.12. The molecule has 0 fully saturated rings. The summed E-state index contributed by atoms with van der Waals surface area (Å²) in [7, 11) is 0. The Hall–Kier alpha value is -2.49. The predicted octanol–water partition coefficient (Wildman–Crippen LogP) is 3.55. The summed E-state index contributed by atoms with van der Waals surface area (Å²) in [5.41, 5.74) is 9.04. The van der Waals surface area contributed by atoms with Crippen LogP contribution in [0.2, 0.25) is 0 Å². The molecular formula is C18H22N2O2. The summed E-state index contributed by atoms with van der Waals surface area (Å²) in [4.78, 5) is 12.2. The minimum atomic E-state index is -0.0737. The molecule has 0 aromatic heterocycles. The highest BCUT2D eigenvalue weighted by Crippen LogP contribution is 2.19. The first-order chi connectivity index (χ1) is 10.4. The summed E-state index contributed by atoms with van der Waals surface area (Å²) >= 11 is 0. The molecule has 2 aromatic rings. The molecule has 0 aliphatic heterocycles. The molecule has 0 aliphatic rings. The number of nitrogen functional groups attached to an aromatic ring is 1. The average Bonchev–Trinajstić information content (AvgIpc) is 2.42. The van der Waals surface area contributed by atoms with Crippen LogP contribution in [0.4, 0.5) is 11.4 Å². The summed E-state index contributed by atoms with van der Waals surface area (Å²) in [5.74, 6) is 0.704. The number of ether oxygens (including phenoxy) is 1. The second kappa shape index (κ2) is 6.98. The van der Waals surface area contributed by atoms with Crippen molar-refractivity contribution >= 4 is 17.3 Å². The monoisotopic (exact) mass is 298 g/mol. The summed E-state index contributed by atoms with van der Waals surface area (Å²) in [6.45, 7) is 5.89. The molecule has 4 heteroatoms. The Morgan fingerprint density at radius 1 is 1.23 bits per heavy atom. The molecule has 0 atom stereocenters. The molecule has 4 nitrogen and oxygen atoms in total. The molecule has 116 valence electrons. The van der Waals surface area contributed by atoms with Crippen LogP contribution in [0.25, 0.3) is 0 Å². The number of carbonyl (C=O) groups is 1. The lowest BCUT2D eigenvalue weighted by Crippen LogP contribution is -2.15. The molecule has 2 aromatic carbocycles. The molecule has 0 saturated carbocycles. The SMILES string of the molecule is Cc1ccc(N)cc1NC(=O)Cc1cccc(OC(C)C)c1. The number of anilines is 2. The summed E-state index contributed by atoms with van der Waals surface area (Å²) in [6.07, 6.45) is 0.405. The normalized spacial score (nSPS) is 10.5. The standard InChI is InChI=1S/C18H22N2O2/c1-12(2)22-16-6-4-5-14(9-16)10-18(21)20-17-11-15(19)8-7-13(17)3/h4-9,11-12H,10,19H2,1-3H3,(H,20,21). The lowest BCUT2D eigenvalue weighted by atomic mass is 10.1. The van der Waals surface area contributed by atoms with Gasteiger partial charge in [-0.15, -0.1) is 0 Å². The third-order valence-electron chi connectivity index (χ3n) is 3.17. The van der Waals surface area contributed by atoms with E-state index in [4.69, 9.17) is 10.5 Å². The molecule has 0 radical (unpaired) electrons. The smallest absolute Gasteiger partial charge is 0.228 e. The minimum absolute atomic E-state index is 0.0737. The zero-order valence-corrected chi connectivity index (χ0v) is 13.2. The zero-order valence-electron chi connectivity index (χ0n) is 13.2. The minimum Gasteiger partial charge on any atom is -0.491 e. The molecule has 1 amide bonds. The van der Waals surface area contributed by atoms with Crippen LogP contribution in [-0.4, -0.2) is 12.0 Å². The van der Waals surface area contributed by atoms with Gasteiger partial charge in [0.05, 0.1) is 12.5 Å². The first-order valence-electron chi connectivity index (χ1n) is 7.35. The third kappa shape index (κ3) is 4.52. The average molecular weight is 298 g/mol. The van der Waals surface area contributed by atoms with Crippen LogP contribution in [0.15, 0.2) is 42.5 Å². The van der Waals surface area contributed by atoms with E-state index in [2.05, 4.69) is 5.32 Å². The van der Waals surface area contributed by atoms with Crippen molar-refractivity contribution in [1.82, 2.24) is 0 Å². The van der Waals surface area contributed by atoms with Crippen molar-refractivity contribution in [2.75, 3.05) is 11.1 Å². The fourth-order valence-corrected chi connectivity index (χ4v) is 2.16. The largest absolute Gasteiger partial charge is 0.491 e. The van der Waals surface area contributed by atoms with E-state index in [0.29, 0.717) is 12.1 Å².